The fraction of sp³-hybridized carbons (Fsp3) is 0.200. The van der Waals surface area contributed by atoms with E-state index in [1.807, 2.05) is 36.4 Å². The van der Waals surface area contributed by atoms with E-state index in [1.54, 1.807) is 33.5 Å². The van der Waals surface area contributed by atoms with Gasteiger partial charge in [0.2, 0.25) is 5.88 Å². The number of nitriles is 1. The number of hydrogen-bond donors (Lipinski definition) is 0. The van der Waals surface area contributed by atoms with Crippen molar-refractivity contribution in [3.05, 3.63) is 42.5 Å². The molecule has 2 aromatic carbocycles. The number of hydrogen-bond acceptors (Lipinski definition) is 6. The second-order valence-electron chi connectivity index (χ2n) is 5.41. The van der Waals surface area contributed by atoms with Gasteiger partial charge in [0.15, 0.2) is 6.61 Å². The van der Waals surface area contributed by atoms with Crippen molar-refractivity contribution >= 4 is 10.9 Å². The van der Waals surface area contributed by atoms with E-state index in [1.165, 1.54) is 0 Å². The summed E-state index contributed by atoms with van der Waals surface area (Å²) < 4.78 is 21.6. The lowest BCUT2D eigenvalue weighted by atomic mass is 10.0. The largest absolute Gasteiger partial charge is 0.497 e. The molecule has 0 aliphatic heterocycles. The molecule has 1 heterocycles. The monoisotopic (exact) mass is 350 g/mol. The first-order chi connectivity index (χ1) is 12.7. The van der Waals surface area contributed by atoms with Crippen molar-refractivity contribution in [2.24, 2.45) is 0 Å². The van der Waals surface area contributed by atoms with Crippen LogP contribution in [0.5, 0.6) is 23.1 Å². The molecule has 26 heavy (non-hydrogen) atoms. The van der Waals surface area contributed by atoms with E-state index in [0.717, 1.165) is 22.3 Å². The Labute approximate surface area is 151 Å². The minimum Gasteiger partial charge on any atom is -0.497 e. The average Bonchev–Trinajstić information content (AvgIpc) is 2.70. The molecular formula is C20H18N2O4. The summed E-state index contributed by atoms with van der Waals surface area (Å²) in [6.45, 7) is -0.0945. The molecule has 0 radical (unpaired) electrons. The zero-order valence-corrected chi connectivity index (χ0v) is 14.8. The smallest absolute Gasteiger partial charge is 0.222 e. The lowest BCUT2D eigenvalue weighted by Crippen LogP contribution is -2.00. The van der Waals surface area contributed by atoms with Crippen LogP contribution in [0.15, 0.2) is 42.5 Å². The molecule has 0 aliphatic rings. The van der Waals surface area contributed by atoms with Gasteiger partial charge in [-0.1, -0.05) is 12.1 Å². The molecule has 0 amide bonds. The fourth-order valence-electron chi connectivity index (χ4n) is 2.68. The average molecular weight is 350 g/mol. The first kappa shape index (κ1) is 17.4. The van der Waals surface area contributed by atoms with Crippen molar-refractivity contribution in [1.82, 2.24) is 4.98 Å². The van der Waals surface area contributed by atoms with Crippen molar-refractivity contribution in [2.45, 2.75) is 0 Å². The zero-order chi connectivity index (χ0) is 18.5. The highest BCUT2D eigenvalue weighted by atomic mass is 16.5. The van der Waals surface area contributed by atoms with Gasteiger partial charge in [0.1, 0.15) is 23.3 Å². The van der Waals surface area contributed by atoms with Crippen LogP contribution in [0.1, 0.15) is 0 Å². The minimum absolute atomic E-state index is 0.0945. The summed E-state index contributed by atoms with van der Waals surface area (Å²) in [5.74, 6) is 2.41. The van der Waals surface area contributed by atoms with Gasteiger partial charge in [-0.3, -0.25) is 0 Å². The number of pyridine rings is 1. The van der Waals surface area contributed by atoms with Crippen molar-refractivity contribution in [3.8, 4) is 40.3 Å². The van der Waals surface area contributed by atoms with Crippen molar-refractivity contribution in [3.63, 3.8) is 0 Å². The van der Waals surface area contributed by atoms with Crippen LogP contribution in [-0.4, -0.2) is 32.9 Å². The standard InChI is InChI=1S/C20H18N2O4/c1-23-14-6-4-13(5-7-14)16-12-17-18(22-20(16)26-9-8-21)10-15(24-2)11-19(17)25-3/h4-7,10-12H,9H2,1-3H3. The van der Waals surface area contributed by atoms with E-state index in [-0.39, 0.29) is 6.61 Å². The van der Waals surface area contributed by atoms with Crippen LogP contribution in [0.2, 0.25) is 0 Å². The molecule has 3 aromatic rings. The van der Waals surface area contributed by atoms with E-state index in [2.05, 4.69) is 4.98 Å². The normalized spacial score (nSPS) is 10.2. The fourth-order valence-corrected chi connectivity index (χ4v) is 2.68. The first-order valence-corrected chi connectivity index (χ1v) is 7.91. The summed E-state index contributed by atoms with van der Waals surface area (Å²) in [7, 11) is 4.80. The molecule has 0 fully saturated rings. The number of methoxy groups -OCH3 is 3. The van der Waals surface area contributed by atoms with E-state index >= 15 is 0 Å². The molecule has 0 atom stereocenters. The molecule has 3 rings (SSSR count). The quantitative estimate of drug-likeness (QED) is 0.673. The summed E-state index contributed by atoms with van der Waals surface area (Å²) in [5.41, 5.74) is 2.32. The Hall–Kier alpha value is -3.46. The topological polar surface area (TPSA) is 73.6 Å². The molecular weight excluding hydrogens is 332 g/mol. The van der Waals surface area contributed by atoms with Gasteiger partial charge in [-0.05, 0) is 23.8 Å². The summed E-state index contributed by atoms with van der Waals surface area (Å²) in [6.07, 6.45) is 0. The van der Waals surface area contributed by atoms with E-state index < -0.39 is 0 Å². The number of rotatable bonds is 6. The molecule has 0 saturated carbocycles. The SMILES string of the molecule is COc1ccc(-c2cc3c(OC)cc(OC)cc3nc2OCC#N)cc1. The Bertz CT molecular complexity index is 962. The lowest BCUT2D eigenvalue weighted by Gasteiger charge is -2.14. The van der Waals surface area contributed by atoms with Gasteiger partial charge in [0, 0.05) is 23.1 Å². The van der Waals surface area contributed by atoms with Crippen LogP contribution in [0, 0.1) is 11.3 Å². The lowest BCUT2D eigenvalue weighted by molar-refractivity contribution is 0.356. The van der Waals surface area contributed by atoms with Gasteiger partial charge in [-0.25, -0.2) is 4.98 Å². The Morgan fingerprint density at radius 3 is 2.27 bits per heavy atom. The third-order valence-corrected chi connectivity index (χ3v) is 3.96. The van der Waals surface area contributed by atoms with Crippen LogP contribution < -0.4 is 18.9 Å². The highest BCUT2D eigenvalue weighted by molar-refractivity contribution is 5.92. The molecule has 6 heteroatoms. The molecule has 0 spiro atoms. The van der Waals surface area contributed by atoms with Gasteiger partial charge in [-0.2, -0.15) is 5.26 Å². The van der Waals surface area contributed by atoms with Gasteiger partial charge >= 0.3 is 0 Å². The second-order valence-corrected chi connectivity index (χ2v) is 5.41. The van der Waals surface area contributed by atoms with Crippen molar-refractivity contribution in [2.75, 3.05) is 27.9 Å². The second kappa shape index (κ2) is 7.62. The molecule has 0 aliphatic carbocycles. The maximum atomic E-state index is 8.88. The van der Waals surface area contributed by atoms with Crippen LogP contribution in [0.25, 0.3) is 22.0 Å². The number of benzene rings is 2. The molecule has 6 nitrogen and oxygen atoms in total. The third kappa shape index (κ3) is 3.33. The van der Waals surface area contributed by atoms with Gasteiger partial charge < -0.3 is 18.9 Å². The number of fused-ring (bicyclic) bond motifs is 1. The van der Waals surface area contributed by atoms with Crippen LogP contribution in [0.4, 0.5) is 0 Å². The minimum atomic E-state index is -0.0945. The Balaban J connectivity index is 2.22. The molecule has 0 saturated heterocycles. The van der Waals surface area contributed by atoms with Gasteiger partial charge in [0.25, 0.3) is 0 Å². The maximum Gasteiger partial charge on any atom is 0.222 e. The Morgan fingerprint density at radius 2 is 1.65 bits per heavy atom. The predicted molar refractivity (Wildman–Crippen MR) is 97.9 cm³/mol. The van der Waals surface area contributed by atoms with Crippen LogP contribution in [0.3, 0.4) is 0 Å². The predicted octanol–water partition coefficient (Wildman–Crippen LogP) is 3.83. The highest BCUT2D eigenvalue weighted by Crippen LogP contribution is 2.37. The van der Waals surface area contributed by atoms with Crippen molar-refractivity contribution < 1.29 is 18.9 Å². The van der Waals surface area contributed by atoms with E-state index in [0.29, 0.717) is 22.9 Å². The summed E-state index contributed by atoms with van der Waals surface area (Å²) in [5, 5.41) is 9.70. The molecule has 0 N–H and O–H groups in total. The number of aromatic nitrogens is 1. The highest BCUT2D eigenvalue weighted by Gasteiger charge is 2.15. The van der Waals surface area contributed by atoms with Gasteiger partial charge in [0.05, 0.1) is 26.8 Å². The Morgan fingerprint density at radius 1 is 0.923 bits per heavy atom. The van der Waals surface area contributed by atoms with Gasteiger partial charge in [-0.15, -0.1) is 0 Å². The zero-order valence-electron chi connectivity index (χ0n) is 14.8. The first-order valence-electron chi connectivity index (χ1n) is 7.91. The number of nitrogens with zero attached hydrogens (tertiary/aromatic N) is 2. The van der Waals surface area contributed by atoms with Crippen LogP contribution in [-0.2, 0) is 0 Å². The molecule has 0 unspecified atom stereocenters. The Kier molecular flexibility index (Phi) is 5.09. The maximum absolute atomic E-state index is 8.88. The summed E-state index contributed by atoms with van der Waals surface area (Å²) in [6, 6.07) is 15.1. The van der Waals surface area contributed by atoms with Crippen molar-refractivity contribution in [1.29, 1.82) is 5.26 Å². The van der Waals surface area contributed by atoms with E-state index in [9.17, 15) is 0 Å². The molecule has 1 aromatic heterocycles. The third-order valence-electron chi connectivity index (χ3n) is 3.96. The number of ether oxygens (including phenoxy) is 4. The van der Waals surface area contributed by atoms with Crippen LogP contribution >= 0.6 is 0 Å². The molecule has 0 bridgehead atoms. The van der Waals surface area contributed by atoms with E-state index in [4.69, 9.17) is 24.2 Å². The summed E-state index contributed by atoms with van der Waals surface area (Å²) >= 11 is 0. The molecule has 132 valence electrons. The summed E-state index contributed by atoms with van der Waals surface area (Å²) in [4.78, 5) is 4.58.